The largest absolute Gasteiger partial charge is 0.368 e. The van der Waals surface area contributed by atoms with Crippen LogP contribution in [0.25, 0.3) is 0 Å². The lowest BCUT2D eigenvalue weighted by Crippen LogP contribution is -2.08. The highest BCUT2D eigenvalue weighted by Gasteiger charge is 2.16. The molecule has 128 valence electrons. The van der Waals surface area contributed by atoms with E-state index in [2.05, 4.69) is 20.3 Å². The molecule has 0 radical (unpaired) electrons. The van der Waals surface area contributed by atoms with Crippen LogP contribution in [0.3, 0.4) is 0 Å². The molecule has 0 fully saturated rings. The van der Waals surface area contributed by atoms with Crippen LogP contribution in [0.15, 0.2) is 53.4 Å². The molecule has 2 aromatic carbocycles. The maximum Gasteiger partial charge on any atom is 0.232 e. The Kier molecular flexibility index (Phi) is 5.08. The van der Waals surface area contributed by atoms with Crippen LogP contribution in [0, 0.1) is 11.6 Å². The lowest BCUT2D eigenvalue weighted by molar-refractivity contribution is 0.565. The molecule has 1 atom stereocenters. The Labute approximate surface area is 147 Å². The Morgan fingerprint density at radius 2 is 1.80 bits per heavy atom. The number of halogens is 2. The Morgan fingerprint density at radius 3 is 2.52 bits per heavy atom. The van der Waals surface area contributed by atoms with Crippen molar-refractivity contribution in [2.45, 2.75) is 17.1 Å². The number of benzene rings is 2. The summed E-state index contributed by atoms with van der Waals surface area (Å²) >= 11 is 1.18. The van der Waals surface area contributed by atoms with E-state index in [0.717, 1.165) is 11.8 Å². The highest BCUT2D eigenvalue weighted by molar-refractivity contribution is 7.99. The number of nitrogen functional groups attached to an aromatic ring is 1. The molecule has 1 heterocycles. The van der Waals surface area contributed by atoms with Gasteiger partial charge in [-0.15, -0.1) is 11.8 Å². The van der Waals surface area contributed by atoms with Crippen LogP contribution >= 0.6 is 11.8 Å². The third kappa shape index (κ3) is 4.42. The van der Waals surface area contributed by atoms with Gasteiger partial charge < -0.3 is 11.1 Å². The summed E-state index contributed by atoms with van der Waals surface area (Å²) in [4.78, 5) is 12.8. The standard InChI is InChI=1S/C17H15F2N5S/c1-10(25-14-8-7-11(18)9-13(14)19)15-22-16(20)24-17(23-15)21-12-5-3-2-4-6-12/h2-10H,1H3,(H3,20,21,22,23,24). The van der Waals surface area contributed by atoms with Gasteiger partial charge in [-0.25, -0.2) is 8.78 Å². The second-order valence-corrected chi connectivity index (χ2v) is 6.58. The van der Waals surface area contributed by atoms with Gasteiger partial charge in [0.25, 0.3) is 0 Å². The van der Waals surface area contributed by atoms with Gasteiger partial charge in [-0.1, -0.05) is 18.2 Å². The number of nitrogens with one attached hydrogen (secondary N) is 1. The number of nitrogens with zero attached hydrogens (tertiary/aromatic N) is 3. The van der Waals surface area contributed by atoms with E-state index in [1.54, 1.807) is 0 Å². The topological polar surface area (TPSA) is 76.7 Å². The highest BCUT2D eigenvalue weighted by Crippen LogP contribution is 2.35. The van der Waals surface area contributed by atoms with E-state index in [1.807, 2.05) is 37.3 Å². The molecule has 0 aliphatic carbocycles. The summed E-state index contributed by atoms with van der Waals surface area (Å²) in [5.41, 5.74) is 6.57. The van der Waals surface area contributed by atoms with Crippen molar-refractivity contribution in [1.29, 1.82) is 0 Å². The molecule has 3 rings (SSSR count). The molecule has 0 bridgehead atoms. The van der Waals surface area contributed by atoms with E-state index in [0.29, 0.717) is 16.7 Å². The van der Waals surface area contributed by atoms with Gasteiger partial charge >= 0.3 is 0 Å². The number of hydrogen-bond donors (Lipinski definition) is 2. The molecule has 0 saturated heterocycles. The zero-order valence-electron chi connectivity index (χ0n) is 13.3. The number of rotatable bonds is 5. The molecule has 8 heteroatoms. The third-order valence-corrected chi connectivity index (χ3v) is 4.41. The van der Waals surface area contributed by atoms with E-state index < -0.39 is 11.6 Å². The monoisotopic (exact) mass is 359 g/mol. The zero-order chi connectivity index (χ0) is 17.8. The molecule has 0 saturated carbocycles. The van der Waals surface area contributed by atoms with E-state index in [1.165, 1.54) is 23.9 Å². The fourth-order valence-electron chi connectivity index (χ4n) is 2.11. The van der Waals surface area contributed by atoms with Gasteiger partial charge in [-0.2, -0.15) is 15.0 Å². The van der Waals surface area contributed by atoms with Crippen molar-refractivity contribution >= 4 is 29.3 Å². The molecule has 0 aliphatic heterocycles. The van der Waals surface area contributed by atoms with Crippen LogP contribution in [-0.4, -0.2) is 15.0 Å². The Morgan fingerprint density at radius 1 is 1.04 bits per heavy atom. The molecule has 5 nitrogen and oxygen atoms in total. The molecular formula is C17H15F2N5S. The molecule has 3 aromatic rings. The van der Waals surface area contributed by atoms with Crippen molar-refractivity contribution in [3.05, 3.63) is 66.0 Å². The summed E-state index contributed by atoms with van der Waals surface area (Å²) in [5.74, 6) is -0.467. The first-order valence-corrected chi connectivity index (χ1v) is 8.34. The smallest absolute Gasteiger partial charge is 0.232 e. The minimum absolute atomic E-state index is 0.0652. The molecule has 0 spiro atoms. The number of hydrogen-bond acceptors (Lipinski definition) is 6. The van der Waals surface area contributed by atoms with E-state index in [9.17, 15) is 8.78 Å². The number of para-hydroxylation sites is 1. The minimum atomic E-state index is -0.624. The lowest BCUT2D eigenvalue weighted by Gasteiger charge is -2.12. The van der Waals surface area contributed by atoms with E-state index in [4.69, 9.17) is 5.73 Å². The fourth-order valence-corrected chi connectivity index (χ4v) is 3.02. The second-order valence-electron chi connectivity index (χ2n) is 5.20. The van der Waals surface area contributed by atoms with Crippen molar-refractivity contribution < 1.29 is 8.78 Å². The molecule has 1 aromatic heterocycles. The maximum atomic E-state index is 13.8. The average molecular weight is 359 g/mol. The number of anilines is 3. The molecule has 3 N–H and O–H groups in total. The summed E-state index contributed by atoms with van der Waals surface area (Å²) in [7, 11) is 0. The molecule has 1 unspecified atom stereocenters. The van der Waals surface area contributed by atoms with Crippen LogP contribution in [-0.2, 0) is 0 Å². The Bertz CT molecular complexity index is 876. The van der Waals surface area contributed by atoms with Crippen molar-refractivity contribution in [3.63, 3.8) is 0 Å². The molecule has 0 aliphatic rings. The van der Waals surface area contributed by atoms with Crippen LogP contribution in [0.1, 0.15) is 18.0 Å². The van der Waals surface area contributed by atoms with Crippen molar-refractivity contribution in [2.75, 3.05) is 11.1 Å². The van der Waals surface area contributed by atoms with Crippen LogP contribution in [0.5, 0.6) is 0 Å². The van der Waals surface area contributed by atoms with Crippen LogP contribution in [0.4, 0.5) is 26.4 Å². The second kappa shape index (κ2) is 7.43. The number of aromatic nitrogens is 3. The summed E-state index contributed by atoms with van der Waals surface area (Å²) < 4.78 is 26.8. The fraction of sp³-hybridized carbons (Fsp3) is 0.118. The first-order chi connectivity index (χ1) is 12.0. The van der Waals surface area contributed by atoms with Crippen molar-refractivity contribution in [1.82, 2.24) is 15.0 Å². The maximum absolute atomic E-state index is 13.8. The first-order valence-electron chi connectivity index (χ1n) is 7.46. The Hall–Kier alpha value is -2.74. The zero-order valence-corrected chi connectivity index (χ0v) is 14.1. The van der Waals surface area contributed by atoms with Gasteiger partial charge in [0.1, 0.15) is 17.5 Å². The summed E-state index contributed by atoms with van der Waals surface area (Å²) in [6.07, 6.45) is 0. The van der Waals surface area contributed by atoms with Crippen LogP contribution < -0.4 is 11.1 Å². The number of thioether (sulfide) groups is 1. The summed E-state index contributed by atoms with van der Waals surface area (Å²) in [6, 6.07) is 12.8. The quantitative estimate of drug-likeness (QED) is 0.661. The molecular weight excluding hydrogens is 344 g/mol. The lowest BCUT2D eigenvalue weighted by atomic mass is 10.3. The van der Waals surface area contributed by atoms with Gasteiger partial charge in [0.15, 0.2) is 0 Å². The first kappa shape index (κ1) is 17.1. The predicted octanol–water partition coefficient (Wildman–Crippen LogP) is 4.33. The summed E-state index contributed by atoms with van der Waals surface area (Å²) in [5, 5.41) is 2.74. The highest BCUT2D eigenvalue weighted by atomic mass is 32.2. The van der Waals surface area contributed by atoms with Crippen molar-refractivity contribution in [2.24, 2.45) is 0 Å². The molecule has 0 amide bonds. The van der Waals surface area contributed by atoms with Gasteiger partial charge in [0.2, 0.25) is 11.9 Å². The van der Waals surface area contributed by atoms with Gasteiger partial charge in [-0.05, 0) is 31.2 Å². The van der Waals surface area contributed by atoms with Crippen LogP contribution in [0.2, 0.25) is 0 Å². The summed E-state index contributed by atoms with van der Waals surface area (Å²) in [6.45, 7) is 1.81. The minimum Gasteiger partial charge on any atom is -0.368 e. The average Bonchev–Trinajstić information content (AvgIpc) is 2.57. The van der Waals surface area contributed by atoms with Crippen molar-refractivity contribution in [3.8, 4) is 0 Å². The SMILES string of the molecule is CC(Sc1ccc(F)cc1F)c1nc(N)nc(Nc2ccccc2)n1. The van der Waals surface area contributed by atoms with Gasteiger partial charge in [0, 0.05) is 16.6 Å². The number of nitrogens with two attached hydrogens (primary N) is 1. The van der Waals surface area contributed by atoms with E-state index >= 15 is 0 Å². The van der Waals surface area contributed by atoms with Gasteiger partial charge in [-0.3, -0.25) is 0 Å². The third-order valence-electron chi connectivity index (χ3n) is 3.26. The normalized spacial score (nSPS) is 12.0. The van der Waals surface area contributed by atoms with Gasteiger partial charge in [0.05, 0.1) is 5.25 Å². The predicted molar refractivity (Wildman–Crippen MR) is 94.6 cm³/mol. The van der Waals surface area contributed by atoms with E-state index in [-0.39, 0.29) is 11.2 Å². The Balaban J connectivity index is 1.81. The molecule has 25 heavy (non-hydrogen) atoms.